The number of halogens is 2. The summed E-state index contributed by atoms with van der Waals surface area (Å²) >= 11 is 0. The van der Waals surface area contributed by atoms with Gasteiger partial charge < -0.3 is 15.3 Å². The Balaban J connectivity index is 2.42. The van der Waals surface area contributed by atoms with Gasteiger partial charge in [-0.15, -0.1) is 0 Å². The van der Waals surface area contributed by atoms with Crippen molar-refractivity contribution in [1.29, 1.82) is 0 Å². The highest BCUT2D eigenvalue weighted by molar-refractivity contribution is 5.87. The van der Waals surface area contributed by atoms with E-state index in [2.05, 4.69) is 5.32 Å². The van der Waals surface area contributed by atoms with E-state index in [1.165, 1.54) is 4.90 Å². The van der Waals surface area contributed by atoms with Crippen molar-refractivity contribution in [3.05, 3.63) is 0 Å². The van der Waals surface area contributed by atoms with Crippen LogP contribution in [0.4, 0.5) is 8.78 Å². The van der Waals surface area contributed by atoms with E-state index in [-0.39, 0.29) is 44.3 Å². The number of aliphatic hydroxyl groups is 1. The van der Waals surface area contributed by atoms with Gasteiger partial charge in [0.15, 0.2) is 0 Å². The number of nitrogens with zero attached hydrogens (tertiary/aromatic N) is 1. The molecule has 0 spiro atoms. The number of nitrogens with one attached hydrogen (secondary N) is 1. The maximum absolute atomic E-state index is 12.6. The zero-order valence-electron chi connectivity index (χ0n) is 12.1. The Labute approximate surface area is 117 Å². The summed E-state index contributed by atoms with van der Waals surface area (Å²) in [5.74, 6) is -0.564. The molecule has 2 amide bonds. The number of hydrogen-bond donors (Lipinski definition) is 2. The minimum Gasteiger partial charge on any atom is -0.384 e. The molecule has 0 unspecified atom stereocenters. The SMILES string of the molecule is CC(C)(C)C(=O)NCC(=O)N1CCC(O)(C(F)F)CC1. The van der Waals surface area contributed by atoms with Crippen LogP contribution < -0.4 is 5.32 Å². The molecule has 0 atom stereocenters. The maximum Gasteiger partial charge on any atom is 0.266 e. The van der Waals surface area contributed by atoms with Gasteiger partial charge in [-0.25, -0.2) is 8.78 Å². The number of rotatable bonds is 3. The second-order valence-electron chi connectivity index (χ2n) is 6.22. The molecule has 1 saturated heterocycles. The van der Waals surface area contributed by atoms with E-state index in [1.807, 2.05) is 0 Å². The summed E-state index contributed by atoms with van der Waals surface area (Å²) in [5.41, 5.74) is -2.58. The van der Waals surface area contributed by atoms with Crippen LogP contribution >= 0.6 is 0 Å². The molecule has 1 aliphatic heterocycles. The molecule has 0 aliphatic carbocycles. The summed E-state index contributed by atoms with van der Waals surface area (Å²) < 4.78 is 25.2. The number of alkyl halides is 2. The molecule has 0 radical (unpaired) electrons. The molecule has 0 aromatic rings. The standard InChI is InChI=1S/C13H22F2N2O3/c1-12(2,3)11(19)16-8-9(18)17-6-4-13(20,5-7-17)10(14)15/h10,20H,4-8H2,1-3H3,(H,16,19). The number of piperidine rings is 1. The van der Waals surface area contributed by atoms with Crippen LogP contribution in [0.3, 0.4) is 0 Å². The van der Waals surface area contributed by atoms with Crippen molar-refractivity contribution in [3.8, 4) is 0 Å². The first-order valence-corrected chi connectivity index (χ1v) is 6.63. The van der Waals surface area contributed by atoms with Gasteiger partial charge in [0.2, 0.25) is 11.8 Å². The lowest BCUT2D eigenvalue weighted by molar-refractivity contribution is -0.147. The smallest absolute Gasteiger partial charge is 0.266 e. The van der Waals surface area contributed by atoms with E-state index in [1.54, 1.807) is 20.8 Å². The van der Waals surface area contributed by atoms with Crippen molar-refractivity contribution in [2.24, 2.45) is 5.41 Å². The summed E-state index contributed by atoms with van der Waals surface area (Å²) in [7, 11) is 0. The van der Waals surface area contributed by atoms with Gasteiger partial charge in [0, 0.05) is 18.5 Å². The molecule has 1 aliphatic rings. The lowest BCUT2D eigenvalue weighted by atomic mass is 9.92. The normalized spacial score (nSPS) is 19.1. The Kier molecular flexibility index (Phi) is 5.07. The van der Waals surface area contributed by atoms with Crippen LogP contribution in [-0.2, 0) is 9.59 Å². The van der Waals surface area contributed by atoms with Crippen molar-refractivity contribution < 1.29 is 23.5 Å². The number of carbonyl (C=O) groups is 2. The average Bonchev–Trinajstić information content (AvgIpc) is 2.35. The van der Waals surface area contributed by atoms with E-state index in [0.29, 0.717) is 0 Å². The highest BCUT2D eigenvalue weighted by Gasteiger charge is 2.41. The Morgan fingerprint density at radius 1 is 1.30 bits per heavy atom. The molecular formula is C13H22F2N2O3. The lowest BCUT2D eigenvalue weighted by Gasteiger charge is -2.37. The van der Waals surface area contributed by atoms with Crippen LogP contribution in [0.5, 0.6) is 0 Å². The van der Waals surface area contributed by atoms with Crippen LogP contribution in [0.25, 0.3) is 0 Å². The fraction of sp³-hybridized carbons (Fsp3) is 0.846. The highest BCUT2D eigenvalue weighted by Crippen LogP contribution is 2.28. The number of likely N-dealkylation sites (tertiary alicyclic amines) is 1. The second-order valence-corrected chi connectivity index (χ2v) is 6.22. The van der Waals surface area contributed by atoms with E-state index in [9.17, 15) is 23.5 Å². The van der Waals surface area contributed by atoms with E-state index < -0.39 is 17.4 Å². The van der Waals surface area contributed by atoms with Crippen molar-refractivity contribution in [1.82, 2.24) is 10.2 Å². The van der Waals surface area contributed by atoms with E-state index in [0.717, 1.165) is 0 Å². The molecule has 5 nitrogen and oxygen atoms in total. The zero-order chi connectivity index (χ0) is 15.6. The fourth-order valence-corrected chi connectivity index (χ4v) is 1.89. The van der Waals surface area contributed by atoms with Crippen LogP contribution in [0, 0.1) is 5.41 Å². The predicted molar refractivity (Wildman–Crippen MR) is 69.2 cm³/mol. The predicted octanol–water partition coefficient (Wildman–Crippen LogP) is 0.767. The van der Waals surface area contributed by atoms with E-state index in [4.69, 9.17) is 0 Å². The Morgan fingerprint density at radius 3 is 2.20 bits per heavy atom. The number of amides is 2. The topological polar surface area (TPSA) is 69.6 Å². The van der Waals surface area contributed by atoms with Gasteiger partial charge in [0.05, 0.1) is 6.54 Å². The molecule has 1 heterocycles. The molecule has 2 N–H and O–H groups in total. The Bertz CT molecular complexity index is 372. The first kappa shape index (κ1) is 16.8. The van der Waals surface area contributed by atoms with Crippen molar-refractivity contribution in [2.75, 3.05) is 19.6 Å². The third-order valence-electron chi connectivity index (χ3n) is 3.47. The summed E-state index contributed by atoms with van der Waals surface area (Å²) in [4.78, 5) is 24.9. The first-order chi connectivity index (χ1) is 9.06. The molecule has 0 saturated carbocycles. The van der Waals surface area contributed by atoms with Gasteiger partial charge in [-0.1, -0.05) is 20.8 Å². The molecule has 20 heavy (non-hydrogen) atoms. The summed E-state index contributed by atoms with van der Waals surface area (Å²) in [6.45, 7) is 5.20. The molecule has 7 heteroatoms. The molecule has 0 bridgehead atoms. The van der Waals surface area contributed by atoms with Crippen molar-refractivity contribution in [3.63, 3.8) is 0 Å². The van der Waals surface area contributed by atoms with Gasteiger partial charge in [-0.05, 0) is 12.8 Å². The van der Waals surface area contributed by atoms with Gasteiger partial charge >= 0.3 is 0 Å². The van der Waals surface area contributed by atoms with Gasteiger partial charge in [0.1, 0.15) is 5.60 Å². The molecule has 0 aromatic heterocycles. The maximum atomic E-state index is 12.6. The minimum absolute atomic E-state index is 0.0745. The minimum atomic E-state index is -2.81. The van der Waals surface area contributed by atoms with Crippen molar-refractivity contribution in [2.45, 2.75) is 45.6 Å². The van der Waals surface area contributed by atoms with Gasteiger partial charge in [-0.2, -0.15) is 0 Å². The molecule has 116 valence electrons. The van der Waals surface area contributed by atoms with Crippen LogP contribution in [0.2, 0.25) is 0 Å². The largest absolute Gasteiger partial charge is 0.384 e. The third kappa shape index (κ3) is 4.13. The fourth-order valence-electron chi connectivity index (χ4n) is 1.89. The van der Waals surface area contributed by atoms with Crippen LogP contribution in [0.1, 0.15) is 33.6 Å². The summed E-state index contributed by atoms with van der Waals surface area (Å²) in [6, 6.07) is 0. The molecule has 0 aromatic carbocycles. The monoisotopic (exact) mass is 292 g/mol. The second kappa shape index (κ2) is 6.03. The molecule has 1 rings (SSSR count). The Hall–Kier alpha value is -1.24. The molecular weight excluding hydrogens is 270 g/mol. The van der Waals surface area contributed by atoms with Crippen LogP contribution in [-0.4, -0.2) is 53.5 Å². The third-order valence-corrected chi connectivity index (χ3v) is 3.47. The zero-order valence-corrected chi connectivity index (χ0v) is 12.1. The summed E-state index contributed by atoms with van der Waals surface area (Å²) in [5, 5.41) is 12.1. The molecule has 1 fully saturated rings. The van der Waals surface area contributed by atoms with Crippen molar-refractivity contribution >= 4 is 11.8 Å². The highest BCUT2D eigenvalue weighted by atomic mass is 19.3. The van der Waals surface area contributed by atoms with Gasteiger partial charge in [0.25, 0.3) is 6.43 Å². The number of carbonyl (C=O) groups excluding carboxylic acids is 2. The lowest BCUT2D eigenvalue weighted by Crippen LogP contribution is -2.52. The summed E-state index contributed by atoms with van der Waals surface area (Å²) in [6.07, 6.45) is -3.10. The quantitative estimate of drug-likeness (QED) is 0.807. The van der Waals surface area contributed by atoms with Crippen LogP contribution in [0.15, 0.2) is 0 Å². The number of hydrogen-bond acceptors (Lipinski definition) is 3. The average molecular weight is 292 g/mol. The van der Waals surface area contributed by atoms with Gasteiger partial charge in [-0.3, -0.25) is 9.59 Å². The Morgan fingerprint density at radius 2 is 1.80 bits per heavy atom. The first-order valence-electron chi connectivity index (χ1n) is 6.63. The van der Waals surface area contributed by atoms with E-state index >= 15 is 0 Å².